The third-order valence-electron chi connectivity index (χ3n) is 4.26. The van der Waals surface area contributed by atoms with E-state index in [0.29, 0.717) is 19.8 Å². The first-order valence-corrected chi connectivity index (χ1v) is 7.38. The summed E-state index contributed by atoms with van der Waals surface area (Å²) in [6.45, 7) is 5.89. The van der Waals surface area contributed by atoms with E-state index in [1.165, 1.54) is 0 Å². The van der Waals surface area contributed by atoms with Crippen LogP contribution in [0.4, 0.5) is 0 Å². The third-order valence-corrected chi connectivity index (χ3v) is 4.26. The third kappa shape index (κ3) is 2.83. The van der Waals surface area contributed by atoms with E-state index in [0.717, 1.165) is 29.9 Å². The van der Waals surface area contributed by atoms with E-state index >= 15 is 0 Å². The highest BCUT2D eigenvalue weighted by Crippen LogP contribution is 2.35. The van der Waals surface area contributed by atoms with Crippen molar-refractivity contribution in [3.05, 3.63) is 23.8 Å². The molecule has 0 spiro atoms. The minimum absolute atomic E-state index is 0.0480. The fourth-order valence-corrected chi connectivity index (χ4v) is 2.41. The van der Waals surface area contributed by atoms with Gasteiger partial charge in [-0.25, -0.2) is 0 Å². The Morgan fingerprint density at radius 2 is 1.95 bits per heavy atom. The van der Waals surface area contributed by atoms with Crippen LogP contribution in [0.25, 0.3) is 0 Å². The molecule has 0 aromatic heterocycles. The normalized spacial score (nSPS) is 19.0. The monoisotopic (exact) mass is 290 g/mol. The number of ether oxygens (including phenoxy) is 2. The lowest BCUT2D eigenvalue weighted by Crippen LogP contribution is -2.46. The summed E-state index contributed by atoms with van der Waals surface area (Å²) in [7, 11) is 0. The molecule has 5 nitrogen and oxygen atoms in total. The first kappa shape index (κ1) is 14.2. The molecular formula is C16H22N2O3. The Balaban J connectivity index is 1.70. The Bertz CT molecular complexity index is 565. The molecule has 1 amide bonds. The maximum Gasteiger partial charge on any atom is 0.240 e. The summed E-state index contributed by atoms with van der Waals surface area (Å²) >= 11 is 0. The van der Waals surface area contributed by atoms with Gasteiger partial charge >= 0.3 is 0 Å². The van der Waals surface area contributed by atoms with E-state index in [4.69, 9.17) is 15.2 Å². The smallest absolute Gasteiger partial charge is 0.240 e. The lowest BCUT2D eigenvalue weighted by atomic mass is 9.84. The highest BCUT2D eigenvalue weighted by molar-refractivity contribution is 5.89. The second kappa shape index (κ2) is 4.91. The second-order valence-corrected chi connectivity index (χ2v) is 6.58. The molecule has 0 radical (unpaired) electrons. The number of amides is 1. The van der Waals surface area contributed by atoms with Crippen molar-refractivity contribution in [2.75, 3.05) is 19.8 Å². The molecule has 2 aliphatic rings. The molecule has 3 rings (SSSR count). The second-order valence-electron chi connectivity index (χ2n) is 6.58. The zero-order chi connectivity index (χ0) is 15.1. The highest BCUT2D eigenvalue weighted by Gasteiger charge is 2.46. The van der Waals surface area contributed by atoms with Gasteiger partial charge in [-0.05, 0) is 30.5 Å². The summed E-state index contributed by atoms with van der Waals surface area (Å²) in [5, 5.41) is 2.97. The molecule has 1 heterocycles. The fraction of sp³-hybridized carbons (Fsp3) is 0.562. The molecule has 1 fully saturated rings. The topological polar surface area (TPSA) is 73.6 Å². The summed E-state index contributed by atoms with van der Waals surface area (Å²) in [6, 6.07) is 5.95. The summed E-state index contributed by atoms with van der Waals surface area (Å²) in [6.07, 6.45) is 1.56. The Morgan fingerprint density at radius 1 is 1.29 bits per heavy atom. The van der Waals surface area contributed by atoms with Crippen LogP contribution in [-0.4, -0.2) is 31.2 Å². The lowest BCUT2D eigenvalue weighted by molar-refractivity contribution is -0.123. The van der Waals surface area contributed by atoms with Crippen molar-refractivity contribution in [2.45, 2.75) is 37.6 Å². The van der Waals surface area contributed by atoms with E-state index < -0.39 is 5.54 Å². The van der Waals surface area contributed by atoms with Gasteiger partial charge in [0.1, 0.15) is 13.2 Å². The Morgan fingerprint density at radius 3 is 2.62 bits per heavy atom. The van der Waals surface area contributed by atoms with Crippen LogP contribution in [0.5, 0.6) is 11.5 Å². The molecule has 114 valence electrons. The Labute approximate surface area is 124 Å². The maximum atomic E-state index is 12.0. The molecule has 1 aromatic carbocycles. The predicted octanol–water partition coefficient (Wildman–Crippen LogP) is 1.34. The van der Waals surface area contributed by atoms with Gasteiger partial charge < -0.3 is 20.5 Å². The number of benzene rings is 1. The maximum absolute atomic E-state index is 12.0. The molecular weight excluding hydrogens is 268 g/mol. The molecule has 0 atom stereocenters. The molecule has 0 bridgehead atoms. The van der Waals surface area contributed by atoms with E-state index in [-0.39, 0.29) is 11.3 Å². The average molecular weight is 290 g/mol. The number of carbonyl (C=O) groups is 1. The van der Waals surface area contributed by atoms with Crippen molar-refractivity contribution < 1.29 is 14.3 Å². The first-order chi connectivity index (χ1) is 9.91. The summed E-state index contributed by atoms with van der Waals surface area (Å²) in [4.78, 5) is 12.0. The van der Waals surface area contributed by atoms with Gasteiger partial charge in [0.15, 0.2) is 11.5 Å². The van der Waals surface area contributed by atoms with Crippen molar-refractivity contribution in [1.29, 1.82) is 0 Å². The van der Waals surface area contributed by atoms with Crippen molar-refractivity contribution in [1.82, 2.24) is 5.32 Å². The number of rotatable bonds is 4. The number of carbonyl (C=O) groups excluding carboxylic acids is 1. The summed E-state index contributed by atoms with van der Waals surface area (Å²) < 4.78 is 11.1. The molecule has 3 N–H and O–H groups in total. The minimum Gasteiger partial charge on any atom is -0.486 e. The SMILES string of the molecule is CC(C)(CNC(=O)C1(N)CC1)c1ccc2c(c1)OCCO2. The molecule has 0 saturated heterocycles. The average Bonchev–Trinajstić information content (AvgIpc) is 3.23. The van der Waals surface area contributed by atoms with Gasteiger partial charge in [-0.3, -0.25) is 4.79 Å². The largest absolute Gasteiger partial charge is 0.486 e. The zero-order valence-electron chi connectivity index (χ0n) is 12.6. The summed E-state index contributed by atoms with van der Waals surface area (Å²) in [5.74, 6) is 1.51. The Hall–Kier alpha value is -1.75. The first-order valence-electron chi connectivity index (χ1n) is 7.38. The molecule has 1 aromatic rings. The molecule has 21 heavy (non-hydrogen) atoms. The van der Waals surface area contributed by atoms with Crippen LogP contribution in [0.15, 0.2) is 18.2 Å². The van der Waals surface area contributed by atoms with Gasteiger partial charge in [0.05, 0.1) is 5.54 Å². The highest BCUT2D eigenvalue weighted by atomic mass is 16.6. The van der Waals surface area contributed by atoms with E-state index in [9.17, 15) is 4.79 Å². The Kier molecular flexibility index (Phi) is 3.32. The number of hydrogen-bond acceptors (Lipinski definition) is 4. The van der Waals surface area contributed by atoms with Crippen LogP contribution < -0.4 is 20.5 Å². The van der Waals surface area contributed by atoms with E-state index in [2.05, 4.69) is 19.2 Å². The molecule has 5 heteroatoms. The van der Waals surface area contributed by atoms with Crippen LogP contribution >= 0.6 is 0 Å². The standard InChI is InChI=1S/C16H22N2O3/c1-15(2,10-18-14(19)16(17)5-6-16)11-3-4-12-13(9-11)21-8-7-20-12/h3-4,9H,5-8,10,17H2,1-2H3,(H,18,19). The zero-order valence-corrected chi connectivity index (χ0v) is 12.6. The van der Waals surface area contributed by atoms with Crippen LogP contribution in [0, 0.1) is 0 Å². The van der Waals surface area contributed by atoms with Crippen LogP contribution in [0.3, 0.4) is 0 Å². The van der Waals surface area contributed by atoms with Crippen LogP contribution in [-0.2, 0) is 10.2 Å². The minimum atomic E-state index is -0.622. The van der Waals surface area contributed by atoms with Crippen LogP contribution in [0.1, 0.15) is 32.3 Å². The molecule has 0 unspecified atom stereocenters. The molecule has 1 aliphatic heterocycles. The van der Waals surface area contributed by atoms with E-state index in [1.54, 1.807) is 0 Å². The van der Waals surface area contributed by atoms with Gasteiger partial charge in [0, 0.05) is 12.0 Å². The van der Waals surface area contributed by atoms with Crippen molar-refractivity contribution >= 4 is 5.91 Å². The van der Waals surface area contributed by atoms with Gasteiger partial charge in [-0.2, -0.15) is 0 Å². The lowest BCUT2D eigenvalue weighted by Gasteiger charge is -2.28. The van der Waals surface area contributed by atoms with Crippen molar-refractivity contribution in [2.24, 2.45) is 5.73 Å². The van der Waals surface area contributed by atoms with Crippen molar-refractivity contribution in [3.63, 3.8) is 0 Å². The van der Waals surface area contributed by atoms with Gasteiger partial charge in [0.25, 0.3) is 0 Å². The summed E-state index contributed by atoms with van der Waals surface area (Å²) in [5.41, 5.74) is 6.19. The number of nitrogens with two attached hydrogens (primary N) is 1. The molecule has 1 aliphatic carbocycles. The molecule has 1 saturated carbocycles. The number of hydrogen-bond donors (Lipinski definition) is 2. The quantitative estimate of drug-likeness (QED) is 0.877. The van der Waals surface area contributed by atoms with E-state index in [1.807, 2.05) is 18.2 Å². The fourth-order valence-electron chi connectivity index (χ4n) is 2.41. The van der Waals surface area contributed by atoms with Gasteiger partial charge in [0.2, 0.25) is 5.91 Å². The van der Waals surface area contributed by atoms with Gasteiger partial charge in [-0.15, -0.1) is 0 Å². The van der Waals surface area contributed by atoms with Crippen molar-refractivity contribution in [3.8, 4) is 11.5 Å². The van der Waals surface area contributed by atoms with Gasteiger partial charge in [-0.1, -0.05) is 19.9 Å². The number of nitrogens with one attached hydrogen (secondary N) is 1. The van der Waals surface area contributed by atoms with Crippen LogP contribution in [0.2, 0.25) is 0 Å². The predicted molar refractivity (Wildman–Crippen MR) is 79.6 cm³/mol. The number of fused-ring (bicyclic) bond motifs is 1.